The number of nitrogens with two attached hydrogens (primary N) is 1. The fourth-order valence-corrected chi connectivity index (χ4v) is 2.37. The average molecular weight is 331 g/mol. The lowest BCUT2D eigenvalue weighted by atomic mass is 10.0. The van der Waals surface area contributed by atoms with Crippen LogP contribution in [-0.2, 0) is 12.4 Å². The Morgan fingerprint density at radius 2 is 1.38 bits per heavy atom. The summed E-state index contributed by atoms with van der Waals surface area (Å²) in [6.45, 7) is 3.73. The summed E-state index contributed by atoms with van der Waals surface area (Å²) in [6.07, 6.45) is -9.69. The maximum Gasteiger partial charge on any atom is 0.416 e. The largest absolute Gasteiger partial charge is 0.416 e. The van der Waals surface area contributed by atoms with Gasteiger partial charge in [-0.2, -0.15) is 38.1 Å². The van der Waals surface area contributed by atoms with Crippen molar-refractivity contribution in [2.75, 3.05) is 5.75 Å². The second kappa shape index (κ2) is 6.48. The summed E-state index contributed by atoms with van der Waals surface area (Å²) in [6, 6.07) is 0.578. The molecule has 0 aromatic heterocycles. The van der Waals surface area contributed by atoms with Gasteiger partial charge in [-0.15, -0.1) is 0 Å². The van der Waals surface area contributed by atoms with E-state index in [2.05, 4.69) is 0 Å². The molecule has 21 heavy (non-hydrogen) atoms. The summed E-state index contributed by atoms with van der Waals surface area (Å²) in [5.74, 6) is 0.246. The van der Waals surface area contributed by atoms with Gasteiger partial charge in [0.1, 0.15) is 0 Å². The molecular weight excluding hydrogens is 316 g/mol. The zero-order valence-corrected chi connectivity index (χ0v) is 12.2. The minimum atomic E-state index is -4.85. The van der Waals surface area contributed by atoms with Gasteiger partial charge in [0.2, 0.25) is 0 Å². The van der Waals surface area contributed by atoms with Crippen molar-refractivity contribution in [3.63, 3.8) is 0 Å². The Morgan fingerprint density at radius 3 is 1.71 bits per heavy atom. The lowest BCUT2D eigenvalue weighted by Crippen LogP contribution is -2.18. The van der Waals surface area contributed by atoms with Crippen LogP contribution < -0.4 is 5.73 Å². The minimum Gasteiger partial charge on any atom is -0.323 e. The van der Waals surface area contributed by atoms with E-state index in [0.717, 1.165) is 0 Å². The minimum absolute atomic E-state index is 0.103. The van der Waals surface area contributed by atoms with Crippen LogP contribution in [0.4, 0.5) is 26.3 Å². The molecule has 0 fully saturated rings. The summed E-state index contributed by atoms with van der Waals surface area (Å²) in [4.78, 5) is 0. The van der Waals surface area contributed by atoms with Crippen molar-refractivity contribution in [1.29, 1.82) is 0 Å². The van der Waals surface area contributed by atoms with Crippen molar-refractivity contribution in [2.45, 2.75) is 37.5 Å². The number of hydrogen-bond donors (Lipinski definition) is 1. The first kappa shape index (κ1) is 18.2. The van der Waals surface area contributed by atoms with Crippen molar-refractivity contribution < 1.29 is 26.3 Å². The molecule has 0 saturated carbocycles. The third-order valence-electron chi connectivity index (χ3n) is 2.65. The van der Waals surface area contributed by atoms with Gasteiger partial charge in [-0.25, -0.2) is 0 Å². The van der Waals surface area contributed by atoms with E-state index in [4.69, 9.17) is 5.73 Å². The Bertz CT molecular complexity index is 448. The number of alkyl halides is 6. The van der Waals surface area contributed by atoms with E-state index >= 15 is 0 Å². The summed E-state index contributed by atoms with van der Waals surface area (Å²) in [5, 5.41) is 0.184. The fraction of sp³-hybridized carbons (Fsp3) is 0.538. The highest BCUT2D eigenvalue weighted by atomic mass is 32.2. The first-order chi connectivity index (χ1) is 9.41. The van der Waals surface area contributed by atoms with Gasteiger partial charge < -0.3 is 5.73 Å². The molecule has 1 atom stereocenters. The molecule has 2 N–H and O–H groups in total. The van der Waals surface area contributed by atoms with Crippen LogP contribution >= 0.6 is 11.8 Å². The summed E-state index contributed by atoms with van der Waals surface area (Å²) in [7, 11) is 0. The van der Waals surface area contributed by atoms with Crippen LogP contribution in [0.2, 0.25) is 0 Å². The molecule has 1 unspecified atom stereocenters. The van der Waals surface area contributed by atoms with Crippen LogP contribution in [0.3, 0.4) is 0 Å². The van der Waals surface area contributed by atoms with E-state index in [-0.39, 0.29) is 22.6 Å². The lowest BCUT2D eigenvalue weighted by Gasteiger charge is -2.18. The predicted molar refractivity (Wildman–Crippen MR) is 71.0 cm³/mol. The van der Waals surface area contributed by atoms with Gasteiger partial charge in [0.15, 0.2) is 0 Å². The molecule has 0 saturated heterocycles. The quantitative estimate of drug-likeness (QED) is 0.797. The lowest BCUT2D eigenvalue weighted by molar-refractivity contribution is -0.143. The van der Waals surface area contributed by atoms with Gasteiger partial charge in [0.05, 0.1) is 11.1 Å². The molecule has 1 rings (SSSR count). The average Bonchev–Trinajstić information content (AvgIpc) is 2.33. The van der Waals surface area contributed by atoms with Crippen molar-refractivity contribution in [2.24, 2.45) is 5.73 Å². The van der Waals surface area contributed by atoms with Crippen LogP contribution in [0, 0.1) is 0 Å². The highest BCUT2D eigenvalue weighted by Gasteiger charge is 2.37. The molecule has 0 aliphatic carbocycles. The summed E-state index contributed by atoms with van der Waals surface area (Å²) in [5.41, 5.74) is 2.88. The van der Waals surface area contributed by atoms with Crippen LogP contribution in [-0.4, -0.2) is 11.0 Å². The summed E-state index contributed by atoms with van der Waals surface area (Å²) >= 11 is 1.37. The Kier molecular flexibility index (Phi) is 5.60. The zero-order valence-electron chi connectivity index (χ0n) is 11.3. The summed E-state index contributed by atoms with van der Waals surface area (Å²) < 4.78 is 76.2. The first-order valence-electron chi connectivity index (χ1n) is 6.08. The molecule has 1 aromatic rings. The second-order valence-corrected chi connectivity index (χ2v) is 6.44. The Morgan fingerprint density at radius 1 is 0.952 bits per heavy atom. The molecule has 8 heteroatoms. The number of rotatable bonds is 4. The van der Waals surface area contributed by atoms with Gasteiger partial charge in [-0.1, -0.05) is 13.8 Å². The van der Waals surface area contributed by atoms with Crippen molar-refractivity contribution in [1.82, 2.24) is 0 Å². The third-order valence-corrected chi connectivity index (χ3v) is 3.87. The van der Waals surface area contributed by atoms with E-state index in [1.807, 2.05) is 13.8 Å². The molecule has 0 heterocycles. The maximum absolute atomic E-state index is 12.7. The maximum atomic E-state index is 12.7. The van der Waals surface area contributed by atoms with Crippen LogP contribution in [0.1, 0.15) is 36.6 Å². The zero-order chi connectivity index (χ0) is 16.4. The van der Waals surface area contributed by atoms with Crippen LogP contribution in [0.5, 0.6) is 0 Å². The fourth-order valence-electron chi connectivity index (χ4n) is 1.59. The van der Waals surface area contributed by atoms with E-state index in [1.165, 1.54) is 11.8 Å². The molecule has 0 amide bonds. The number of thioether (sulfide) groups is 1. The predicted octanol–water partition coefficient (Wildman–Crippen LogP) is 4.87. The topological polar surface area (TPSA) is 26.0 Å². The number of benzene rings is 1. The molecule has 0 aliphatic heterocycles. The van der Waals surface area contributed by atoms with E-state index in [0.29, 0.717) is 12.1 Å². The van der Waals surface area contributed by atoms with Crippen LogP contribution in [0.15, 0.2) is 18.2 Å². The van der Waals surface area contributed by atoms with E-state index in [1.54, 1.807) is 0 Å². The molecule has 120 valence electrons. The smallest absolute Gasteiger partial charge is 0.323 e. The Balaban J connectivity index is 3.19. The molecule has 0 radical (unpaired) electrons. The Hall–Kier alpha value is -0.890. The number of hydrogen-bond acceptors (Lipinski definition) is 2. The standard InChI is InChI=1S/C13H15F6NS/c1-7(2)21-6-11(20)8-3-9(12(14,15)16)5-10(4-8)13(17,18)19/h3-5,7,11H,6,20H2,1-2H3. The number of halogens is 6. The highest BCUT2D eigenvalue weighted by molar-refractivity contribution is 7.99. The van der Waals surface area contributed by atoms with E-state index < -0.39 is 29.5 Å². The Labute approximate surface area is 122 Å². The van der Waals surface area contributed by atoms with Gasteiger partial charge >= 0.3 is 12.4 Å². The van der Waals surface area contributed by atoms with Crippen molar-refractivity contribution >= 4 is 11.8 Å². The van der Waals surface area contributed by atoms with Gasteiger partial charge in [0, 0.05) is 11.8 Å². The SMILES string of the molecule is CC(C)SCC(N)c1cc(C(F)(F)F)cc(C(F)(F)F)c1. The molecule has 0 aliphatic rings. The molecule has 0 bridgehead atoms. The van der Waals surface area contributed by atoms with Gasteiger partial charge in [-0.05, 0) is 29.0 Å². The van der Waals surface area contributed by atoms with Crippen LogP contribution in [0.25, 0.3) is 0 Å². The molecular formula is C13H15F6NS. The normalized spacial score (nSPS) is 14.6. The first-order valence-corrected chi connectivity index (χ1v) is 7.12. The molecule has 1 aromatic carbocycles. The highest BCUT2D eigenvalue weighted by Crippen LogP contribution is 2.37. The van der Waals surface area contributed by atoms with Gasteiger partial charge in [-0.3, -0.25) is 0 Å². The molecule has 0 spiro atoms. The van der Waals surface area contributed by atoms with Gasteiger partial charge in [0.25, 0.3) is 0 Å². The van der Waals surface area contributed by atoms with Crippen molar-refractivity contribution in [3.05, 3.63) is 34.9 Å². The van der Waals surface area contributed by atoms with E-state index in [9.17, 15) is 26.3 Å². The molecule has 1 nitrogen and oxygen atoms in total. The third kappa shape index (κ3) is 5.43. The second-order valence-electron chi connectivity index (χ2n) is 4.83. The van der Waals surface area contributed by atoms with Crippen molar-refractivity contribution in [3.8, 4) is 0 Å². The monoisotopic (exact) mass is 331 g/mol.